The molecule has 3 rings (SSSR count). The van der Waals surface area contributed by atoms with Crippen LogP contribution < -0.4 is 19.5 Å². The summed E-state index contributed by atoms with van der Waals surface area (Å²) in [6.07, 6.45) is 2.04. The molecule has 1 aromatic carbocycles. The molecule has 1 aliphatic rings. The Hall–Kier alpha value is -2.70. The van der Waals surface area contributed by atoms with Crippen LogP contribution in [0.3, 0.4) is 0 Å². The Balaban J connectivity index is 2.15. The van der Waals surface area contributed by atoms with Crippen molar-refractivity contribution < 1.29 is 19.0 Å². The zero-order valence-electron chi connectivity index (χ0n) is 12.6. The fourth-order valence-electron chi connectivity index (χ4n) is 2.82. The van der Waals surface area contributed by atoms with E-state index in [-0.39, 0.29) is 11.8 Å². The predicted molar refractivity (Wildman–Crippen MR) is 79.8 cm³/mol. The zero-order chi connectivity index (χ0) is 15.7. The lowest BCUT2D eigenvalue weighted by Crippen LogP contribution is -2.23. The monoisotopic (exact) mass is 303 g/mol. The van der Waals surface area contributed by atoms with Crippen molar-refractivity contribution in [1.29, 1.82) is 0 Å². The van der Waals surface area contributed by atoms with Gasteiger partial charge in [0, 0.05) is 23.5 Å². The van der Waals surface area contributed by atoms with Crippen molar-refractivity contribution in [3.63, 3.8) is 0 Å². The van der Waals surface area contributed by atoms with Gasteiger partial charge in [0.05, 0.1) is 27.5 Å². The van der Waals surface area contributed by atoms with Crippen molar-refractivity contribution in [2.75, 3.05) is 26.6 Å². The Morgan fingerprint density at radius 3 is 2.55 bits per heavy atom. The number of hydrogen-bond acceptors (Lipinski definition) is 5. The van der Waals surface area contributed by atoms with E-state index in [1.165, 1.54) is 0 Å². The van der Waals surface area contributed by atoms with Gasteiger partial charge in [-0.2, -0.15) is 5.10 Å². The molecule has 0 spiro atoms. The third kappa shape index (κ3) is 2.14. The molecule has 22 heavy (non-hydrogen) atoms. The third-order valence-electron chi connectivity index (χ3n) is 3.81. The van der Waals surface area contributed by atoms with Crippen molar-refractivity contribution in [1.82, 2.24) is 10.2 Å². The van der Waals surface area contributed by atoms with Gasteiger partial charge in [0.25, 0.3) is 0 Å². The summed E-state index contributed by atoms with van der Waals surface area (Å²) in [6, 6.07) is 3.70. The van der Waals surface area contributed by atoms with Gasteiger partial charge in [-0.05, 0) is 6.07 Å². The molecule has 2 aromatic rings. The summed E-state index contributed by atoms with van der Waals surface area (Å²) in [5.74, 6) is 2.05. The van der Waals surface area contributed by atoms with Crippen molar-refractivity contribution in [3.8, 4) is 17.2 Å². The normalized spacial score (nSPS) is 16.7. The summed E-state index contributed by atoms with van der Waals surface area (Å²) in [6.45, 7) is 0. The van der Waals surface area contributed by atoms with E-state index in [2.05, 4.69) is 15.5 Å². The number of amides is 1. The highest BCUT2D eigenvalue weighted by molar-refractivity contribution is 5.94. The number of nitrogens with zero attached hydrogens (tertiary/aromatic N) is 1. The molecular formula is C15H17N3O4. The van der Waals surface area contributed by atoms with E-state index >= 15 is 0 Å². The topological polar surface area (TPSA) is 85.5 Å². The van der Waals surface area contributed by atoms with E-state index in [9.17, 15) is 4.79 Å². The van der Waals surface area contributed by atoms with E-state index in [1.54, 1.807) is 27.5 Å². The standard InChI is InChI=1S/C15H17N3O4/c1-20-11-5-4-8(13(21-2)14(11)22-3)9-6-12(19)17-15-10(9)7-16-18-15/h4-5,7,9H,6H2,1-3H3,(H2,16,17,18,19)/t9-/m0/s1. The molecule has 1 aliphatic heterocycles. The number of rotatable bonds is 4. The van der Waals surface area contributed by atoms with Crippen LogP contribution in [0.5, 0.6) is 17.2 Å². The van der Waals surface area contributed by atoms with Gasteiger partial charge in [-0.3, -0.25) is 9.89 Å². The van der Waals surface area contributed by atoms with Crippen molar-refractivity contribution in [3.05, 3.63) is 29.5 Å². The maximum Gasteiger partial charge on any atom is 0.226 e. The highest BCUT2D eigenvalue weighted by Gasteiger charge is 2.31. The molecule has 1 amide bonds. The van der Waals surface area contributed by atoms with Crippen LogP contribution >= 0.6 is 0 Å². The lowest BCUT2D eigenvalue weighted by molar-refractivity contribution is -0.116. The van der Waals surface area contributed by atoms with Gasteiger partial charge < -0.3 is 19.5 Å². The van der Waals surface area contributed by atoms with Crippen molar-refractivity contribution in [2.24, 2.45) is 0 Å². The molecule has 7 nitrogen and oxygen atoms in total. The smallest absolute Gasteiger partial charge is 0.226 e. The molecule has 7 heteroatoms. The summed E-state index contributed by atoms with van der Waals surface area (Å²) >= 11 is 0. The minimum absolute atomic E-state index is 0.0708. The van der Waals surface area contributed by atoms with Crippen LogP contribution in [-0.2, 0) is 4.79 Å². The van der Waals surface area contributed by atoms with E-state index in [1.807, 2.05) is 12.1 Å². The molecule has 1 atom stereocenters. The highest BCUT2D eigenvalue weighted by atomic mass is 16.5. The van der Waals surface area contributed by atoms with Crippen molar-refractivity contribution in [2.45, 2.75) is 12.3 Å². The van der Waals surface area contributed by atoms with Crippen LogP contribution in [-0.4, -0.2) is 37.4 Å². The fraction of sp³-hybridized carbons (Fsp3) is 0.333. The van der Waals surface area contributed by atoms with Crippen LogP contribution in [0.4, 0.5) is 5.82 Å². The minimum atomic E-state index is -0.155. The second kappa shape index (κ2) is 5.59. The van der Waals surface area contributed by atoms with Gasteiger partial charge in [-0.1, -0.05) is 6.07 Å². The molecule has 2 heterocycles. The van der Waals surface area contributed by atoms with Gasteiger partial charge >= 0.3 is 0 Å². The van der Waals surface area contributed by atoms with Gasteiger partial charge in [-0.15, -0.1) is 0 Å². The molecule has 0 fully saturated rings. The maximum atomic E-state index is 11.9. The second-order valence-electron chi connectivity index (χ2n) is 4.93. The number of ether oxygens (including phenoxy) is 3. The Labute approximate surface area is 127 Å². The first kappa shape index (κ1) is 14.2. The summed E-state index contributed by atoms with van der Waals surface area (Å²) in [5, 5.41) is 9.58. The molecule has 116 valence electrons. The summed E-state index contributed by atoms with van der Waals surface area (Å²) in [4.78, 5) is 11.9. The lowest BCUT2D eigenvalue weighted by atomic mass is 9.86. The third-order valence-corrected chi connectivity index (χ3v) is 3.81. The Bertz CT molecular complexity index is 711. The van der Waals surface area contributed by atoms with E-state index in [0.717, 1.165) is 11.1 Å². The van der Waals surface area contributed by atoms with Gasteiger partial charge in [0.2, 0.25) is 11.7 Å². The van der Waals surface area contributed by atoms with E-state index in [0.29, 0.717) is 29.5 Å². The number of hydrogen-bond donors (Lipinski definition) is 2. The Morgan fingerprint density at radius 2 is 1.86 bits per heavy atom. The minimum Gasteiger partial charge on any atom is -0.493 e. The molecule has 0 unspecified atom stereocenters. The first-order valence-corrected chi connectivity index (χ1v) is 6.81. The van der Waals surface area contributed by atoms with Crippen LogP contribution in [0.15, 0.2) is 18.3 Å². The largest absolute Gasteiger partial charge is 0.493 e. The molecule has 0 bridgehead atoms. The Morgan fingerprint density at radius 1 is 1.09 bits per heavy atom. The molecule has 0 aliphatic carbocycles. The average Bonchev–Trinajstić information content (AvgIpc) is 3.00. The van der Waals surface area contributed by atoms with Gasteiger partial charge in [-0.25, -0.2) is 0 Å². The quantitative estimate of drug-likeness (QED) is 0.901. The number of nitrogens with one attached hydrogen (secondary N) is 2. The molecule has 0 saturated heterocycles. The van der Waals surface area contributed by atoms with E-state index in [4.69, 9.17) is 14.2 Å². The molecule has 1 aromatic heterocycles. The van der Waals surface area contributed by atoms with Crippen LogP contribution in [0.25, 0.3) is 0 Å². The van der Waals surface area contributed by atoms with Crippen molar-refractivity contribution >= 4 is 11.7 Å². The van der Waals surface area contributed by atoms with Crippen LogP contribution in [0.2, 0.25) is 0 Å². The fourth-order valence-corrected chi connectivity index (χ4v) is 2.82. The summed E-state index contributed by atoms with van der Waals surface area (Å²) in [7, 11) is 4.69. The number of benzene rings is 1. The summed E-state index contributed by atoms with van der Waals surface area (Å²) < 4.78 is 16.2. The molecule has 2 N–H and O–H groups in total. The number of carbonyl (C=O) groups excluding carboxylic acids is 1. The number of carbonyl (C=O) groups is 1. The average molecular weight is 303 g/mol. The number of anilines is 1. The number of H-pyrrole nitrogens is 1. The number of fused-ring (bicyclic) bond motifs is 1. The zero-order valence-corrected chi connectivity index (χ0v) is 12.6. The first-order chi connectivity index (χ1) is 10.7. The Kier molecular flexibility index (Phi) is 3.62. The van der Waals surface area contributed by atoms with Gasteiger partial charge in [0.1, 0.15) is 5.82 Å². The SMILES string of the molecule is COc1ccc([C@@H]2CC(=O)Nc3[nH]ncc32)c(OC)c1OC. The molecule has 0 saturated carbocycles. The lowest BCUT2D eigenvalue weighted by Gasteiger charge is -2.25. The number of methoxy groups -OCH3 is 3. The number of aromatic amines is 1. The molecular weight excluding hydrogens is 286 g/mol. The summed E-state index contributed by atoms with van der Waals surface area (Å²) in [5.41, 5.74) is 1.78. The van der Waals surface area contributed by atoms with Crippen LogP contribution in [0, 0.1) is 0 Å². The van der Waals surface area contributed by atoms with E-state index < -0.39 is 0 Å². The predicted octanol–water partition coefficient (Wildman–Crippen LogP) is 1.91. The highest BCUT2D eigenvalue weighted by Crippen LogP contribution is 2.46. The van der Waals surface area contributed by atoms with Crippen LogP contribution in [0.1, 0.15) is 23.5 Å². The maximum absolute atomic E-state index is 11.9. The molecule has 0 radical (unpaired) electrons. The number of aromatic nitrogens is 2. The second-order valence-corrected chi connectivity index (χ2v) is 4.93. The van der Waals surface area contributed by atoms with Gasteiger partial charge in [0.15, 0.2) is 11.5 Å². The first-order valence-electron chi connectivity index (χ1n) is 6.81.